The Morgan fingerprint density at radius 3 is 2.07 bits per heavy atom. The predicted molar refractivity (Wildman–Crippen MR) is 108 cm³/mol. The van der Waals surface area contributed by atoms with Gasteiger partial charge < -0.3 is 5.32 Å². The first-order valence-electron chi connectivity index (χ1n) is 9.35. The van der Waals surface area contributed by atoms with Gasteiger partial charge in [0.25, 0.3) is 0 Å². The van der Waals surface area contributed by atoms with Crippen LogP contribution in [0.2, 0.25) is 0 Å². The van der Waals surface area contributed by atoms with E-state index in [4.69, 9.17) is 0 Å². The van der Waals surface area contributed by atoms with Gasteiger partial charge in [-0.05, 0) is 29.7 Å². The second-order valence-electron chi connectivity index (χ2n) is 6.32. The van der Waals surface area contributed by atoms with Gasteiger partial charge in [-0.25, -0.2) is 8.42 Å². The van der Waals surface area contributed by atoms with Crippen LogP contribution in [0.3, 0.4) is 0 Å². The Morgan fingerprint density at radius 2 is 1.56 bits per heavy atom. The Balaban J connectivity index is 2.03. The van der Waals surface area contributed by atoms with Gasteiger partial charge >= 0.3 is 0 Å². The first-order chi connectivity index (χ1) is 12.9. The summed E-state index contributed by atoms with van der Waals surface area (Å²) in [6.07, 6.45) is 0.719. The van der Waals surface area contributed by atoms with Gasteiger partial charge in [-0.2, -0.15) is 4.31 Å². The van der Waals surface area contributed by atoms with E-state index in [0.29, 0.717) is 19.6 Å². The number of amides is 1. The Morgan fingerprint density at radius 1 is 0.963 bits per heavy atom. The molecule has 0 aliphatic heterocycles. The van der Waals surface area contributed by atoms with Crippen LogP contribution in [0, 0.1) is 0 Å². The molecule has 0 saturated carbocycles. The average molecular weight is 389 g/mol. The topological polar surface area (TPSA) is 66.5 Å². The van der Waals surface area contributed by atoms with E-state index in [1.165, 1.54) is 4.31 Å². The van der Waals surface area contributed by atoms with Gasteiger partial charge in [0.1, 0.15) is 0 Å². The molecule has 0 aliphatic rings. The lowest BCUT2D eigenvalue weighted by Gasteiger charge is -2.18. The molecule has 1 N–H and O–H groups in total. The maximum absolute atomic E-state index is 12.5. The molecule has 27 heavy (non-hydrogen) atoms. The van der Waals surface area contributed by atoms with E-state index in [2.05, 4.69) is 5.32 Å². The van der Waals surface area contributed by atoms with Crippen molar-refractivity contribution in [3.05, 3.63) is 65.7 Å². The van der Waals surface area contributed by atoms with E-state index in [-0.39, 0.29) is 16.7 Å². The van der Waals surface area contributed by atoms with Crippen LogP contribution in [0.1, 0.15) is 44.2 Å². The molecule has 0 radical (unpaired) electrons. The maximum Gasteiger partial charge on any atom is 0.243 e. The summed E-state index contributed by atoms with van der Waals surface area (Å²) in [5, 5.41) is 2.95. The molecule has 5 nitrogen and oxygen atoms in total. The van der Waals surface area contributed by atoms with E-state index in [1.807, 2.05) is 51.1 Å². The minimum Gasteiger partial charge on any atom is -0.351 e. The molecule has 6 heteroatoms. The standard InChI is InChI=1S/C21H28N2O3S/c1-4-20(18-10-8-7-9-11-18)21(24)22-16-17-12-14-19(15-13-17)27(25,26)23(5-2)6-3/h7-15,20H,4-6,16H2,1-3H3,(H,22,24). The molecule has 1 atom stereocenters. The molecule has 146 valence electrons. The summed E-state index contributed by atoms with van der Waals surface area (Å²) in [6, 6.07) is 16.4. The molecule has 0 aliphatic carbocycles. The van der Waals surface area contributed by atoms with Gasteiger partial charge in [0, 0.05) is 19.6 Å². The molecule has 2 aromatic carbocycles. The van der Waals surface area contributed by atoms with Gasteiger partial charge in [-0.1, -0.05) is 63.2 Å². The molecule has 2 rings (SSSR count). The Hall–Kier alpha value is -2.18. The second-order valence-corrected chi connectivity index (χ2v) is 8.26. The third-order valence-electron chi connectivity index (χ3n) is 4.66. The van der Waals surface area contributed by atoms with E-state index in [1.54, 1.807) is 24.3 Å². The Kier molecular flexibility index (Phi) is 7.56. The number of rotatable bonds is 9. The number of nitrogens with zero attached hydrogens (tertiary/aromatic N) is 1. The van der Waals surface area contributed by atoms with Crippen molar-refractivity contribution >= 4 is 15.9 Å². The molecule has 0 fully saturated rings. The van der Waals surface area contributed by atoms with Crippen molar-refractivity contribution in [3.8, 4) is 0 Å². The molecule has 0 spiro atoms. The SMILES string of the molecule is CCC(C(=O)NCc1ccc(S(=O)(=O)N(CC)CC)cc1)c1ccccc1. The van der Waals surface area contributed by atoms with Crippen LogP contribution < -0.4 is 5.32 Å². The van der Waals surface area contributed by atoms with E-state index >= 15 is 0 Å². The molecule has 1 unspecified atom stereocenters. The van der Waals surface area contributed by atoms with E-state index in [0.717, 1.165) is 17.5 Å². The van der Waals surface area contributed by atoms with Crippen molar-refractivity contribution in [3.63, 3.8) is 0 Å². The fourth-order valence-corrected chi connectivity index (χ4v) is 4.52. The smallest absolute Gasteiger partial charge is 0.243 e. The summed E-state index contributed by atoms with van der Waals surface area (Å²) in [6.45, 7) is 6.88. The first kappa shape index (κ1) is 21.1. The van der Waals surface area contributed by atoms with Crippen LogP contribution in [0.25, 0.3) is 0 Å². The predicted octanol–water partition coefficient (Wildman–Crippen LogP) is 3.53. The average Bonchev–Trinajstić information content (AvgIpc) is 2.69. The van der Waals surface area contributed by atoms with Crippen molar-refractivity contribution in [2.24, 2.45) is 0 Å². The lowest BCUT2D eigenvalue weighted by atomic mass is 9.95. The largest absolute Gasteiger partial charge is 0.351 e. The van der Waals surface area contributed by atoms with Gasteiger partial charge in [0.05, 0.1) is 10.8 Å². The molecule has 1 amide bonds. The van der Waals surface area contributed by atoms with Crippen LogP contribution in [0.4, 0.5) is 0 Å². The van der Waals surface area contributed by atoms with Gasteiger partial charge in [0.2, 0.25) is 15.9 Å². The zero-order valence-electron chi connectivity index (χ0n) is 16.2. The number of nitrogens with one attached hydrogen (secondary N) is 1. The van der Waals surface area contributed by atoms with Crippen LogP contribution >= 0.6 is 0 Å². The van der Waals surface area contributed by atoms with Crippen molar-refractivity contribution in [1.29, 1.82) is 0 Å². The highest BCUT2D eigenvalue weighted by molar-refractivity contribution is 7.89. The number of carbonyl (C=O) groups is 1. The van der Waals surface area contributed by atoms with E-state index < -0.39 is 10.0 Å². The zero-order valence-corrected chi connectivity index (χ0v) is 17.0. The van der Waals surface area contributed by atoms with Gasteiger partial charge in [-0.15, -0.1) is 0 Å². The van der Waals surface area contributed by atoms with Gasteiger partial charge in [0.15, 0.2) is 0 Å². The zero-order chi connectivity index (χ0) is 19.9. The normalized spacial score (nSPS) is 12.7. The van der Waals surface area contributed by atoms with Gasteiger partial charge in [-0.3, -0.25) is 4.79 Å². The maximum atomic E-state index is 12.5. The molecule has 0 saturated heterocycles. The molecule has 0 bridgehead atoms. The molecular weight excluding hydrogens is 360 g/mol. The number of hydrogen-bond donors (Lipinski definition) is 1. The minimum absolute atomic E-state index is 0.0245. The molecule has 0 heterocycles. The third kappa shape index (κ3) is 5.17. The molecular formula is C21H28N2O3S. The lowest BCUT2D eigenvalue weighted by molar-refractivity contribution is -0.122. The summed E-state index contributed by atoms with van der Waals surface area (Å²) < 4.78 is 26.5. The first-order valence-corrected chi connectivity index (χ1v) is 10.8. The number of hydrogen-bond acceptors (Lipinski definition) is 3. The summed E-state index contributed by atoms with van der Waals surface area (Å²) in [7, 11) is -3.46. The highest BCUT2D eigenvalue weighted by atomic mass is 32.2. The fraction of sp³-hybridized carbons (Fsp3) is 0.381. The third-order valence-corrected chi connectivity index (χ3v) is 6.72. The summed E-state index contributed by atoms with van der Waals surface area (Å²) in [4.78, 5) is 12.8. The molecule has 0 aromatic heterocycles. The Labute approximate surface area is 162 Å². The van der Waals surface area contributed by atoms with Crippen LogP contribution in [0.5, 0.6) is 0 Å². The van der Waals surface area contributed by atoms with Crippen molar-refractivity contribution < 1.29 is 13.2 Å². The monoisotopic (exact) mass is 388 g/mol. The van der Waals surface area contributed by atoms with E-state index in [9.17, 15) is 13.2 Å². The van der Waals surface area contributed by atoms with Crippen LogP contribution in [0.15, 0.2) is 59.5 Å². The quantitative estimate of drug-likeness (QED) is 0.715. The highest BCUT2D eigenvalue weighted by Crippen LogP contribution is 2.20. The number of benzene rings is 2. The highest BCUT2D eigenvalue weighted by Gasteiger charge is 2.21. The van der Waals surface area contributed by atoms with Crippen molar-refractivity contribution in [2.45, 2.75) is 44.6 Å². The van der Waals surface area contributed by atoms with Crippen molar-refractivity contribution in [2.75, 3.05) is 13.1 Å². The lowest BCUT2D eigenvalue weighted by Crippen LogP contribution is -2.30. The second kappa shape index (κ2) is 9.67. The van der Waals surface area contributed by atoms with Crippen LogP contribution in [-0.4, -0.2) is 31.7 Å². The summed E-state index contributed by atoms with van der Waals surface area (Å²) >= 11 is 0. The van der Waals surface area contributed by atoms with Crippen molar-refractivity contribution in [1.82, 2.24) is 9.62 Å². The number of carbonyl (C=O) groups excluding carboxylic acids is 1. The minimum atomic E-state index is -3.46. The number of sulfonamides is 1. The fourth-order valence-electron chi connectivity index (χ4n) is 3.06. The summed E-state index contributed by atoms with van der Waals surface area (Å²) in [5.41, 5.74) is 1.86. The summed E-state index contributed by atoms with van der Waals surface area (Å²) in [5.74, 6) is -0.211. The Bertz CT molecular complexity index is 829. The molecule has 2 aromatic rings. The van der Waals surface area contributed by atoms with Crippen LogP contribution in [-0.2, 0) is 21.4 Å².